The van der Waals surface area contributed by atoms with Crippen LogP contribution in [0.3, 0.4) is 0 Å². The van der Waals surface area contributed by atoms with Crippen molar-refractivity contribution in [2.24, 2.45) is 0 Å². The van der Waals surface area contributed by atoms with Gasteiger partial charge in [-0.1, -0.05) is 18.2 Å². The largest absolute Gasteiger partial charge is 0.457 e. The van der Waals surface area contributed by atoms with E-state index in [-0.39, 0.29) is 0 Å². The Kier molecular flexibility index (Phi) is 3.83. The molecule has 0 amide bonds. The zero-order chi connectivity index (χ0) is 13.8. The third-order valence-corrected chi connectivity index (χ3v) is 3.67. The first-order chi connectivity index (χ1) is 9.85. The molecule has 104 valence electrons. The minimum Gasteiger partial charge on any atom is -0.457 e. The Morgan fingerprint density at radius 3 is 2.40 bits per heavy atom. The van der Waals surface area contributed by atoms with Crippen molar-refractivity contribution in [2.45, 2.75) is 6.54 Å². The summed E-state index contributed by atoms with van der Waals surface area (Å²) in [5.41, 5.74) is 1.29. The van der Waals surface area contributed by atoms with Gasteiger partial charge in [0.05, 0.1) is 6.54 Å². The van der Waals surface area contributed by atoms with Gasteiger partial charge in [-0.3, -0.25) is 9.69 Å². The Morgan fingerprint density at radius 2 is 1.75 bits per heavy atom. The van der Waals surface area contributed by atoms with Crippen LogP contribution in [0.25, 0.3) is 0 Å². The van der Waals surface area contributed by atoms with Gasteiger partial charge in [0.2, 0.25) is 0 Å². The summed E-state index contributed by atoms with van der Waals surface area (Å²) in [7, 11) is 0. The molecule has 0 spiro atoms. The lowest BCUT2D eigenvalue weighted by atomic mass is 10.2. The molecule has 0 aliphatic carbocycles. The van der Waals surface area contributed by atoms with Crippen LogP contribution in [0.2, 0.25) is 0 Å². The topological polar surface area (TPSA) is 36.7 Å². The molecule has 0 atom stereocenters. The average Bonchev–Trinajstić information content (AvgIpc) is 2.97. The lowest BCUT2D eigenvalue weighted by Gasteiger charge is -2.35. The molecule has 0 N–H and O–H groups in total. The number of furan rings is 1. The van der Waals surface area contributed by atoms with Gasteiger partial charge in [-0.05, 0) is 24.3 Å². The number of piperazine rings is 1. The van der Waals surface area contributed by atoms with E-state index in [0.29, 0.717) is 5.76 Å². The smallest absolute Gasteiger partial charge is 0.185 e. The quantitative estimate of drug-likeness (QED) is 0.799. The molecular formula is C16H18N2O2. The van der Waals surface area contributed by atoms with E-state index in [2.05, 4.69) is 34.1 Å². The van der Waals surface area contributed by atoms with Gasteiger partial charge in [0.15, 0.2) is 12.0 Å². The van der Waals surface area contributed by atoms with Crippen LogP contribution < -0.4 is 4.90 Å². The van der Waals surface area contributed by atoms with Crippen LogP contribution in [-0.2, 0) is 6.54 Å². The van der Waals surface area contributed by atoms with Gasteiger partial charge >= 0.3 is 0 Å². The Bertz CT molecular complexity index is 557. The van der Waals surface area contributed by atoms with Crippen LogP contribution in [0.15, 0.2) is 46.9 Å². The predicted molar refractivity (Wildman–Crippen MR) is 78.0 cm³/mol. The highest BCUT2D eigenvalue weighted by Crippen LogP contribution is 2.17. The summed E-state index contributed by atoms with van der Waals surface area (Å²) in [6.45, 7) is 4.82. The maximum Gasteiger partial charge on any atom is 0.185 e. The van der Waals surface area contributed by atoms with E-state index in [1.165, 1.54) is 5.69 Å². The molecule has 2 aromatic rings. The summed E-state index contributed by atoms with van der Waals surface area (Å²) in [5, 5.41) is 0. The fourth-order valence-corrected chi connectivity index (χ4v) is 2.57. The van der Waals surface area contributed by atoms with E-state index in [4.69, 9.17) is 4.42 Å². The Morgan fingerprint density at radius 1 is 1.00 bits per heavy atom. The molecular weight excluding hydrogens is 252 g/mol. The predicted octanol–water partition coefficient (Wildman–Crippen LogP) is 2.41. The minimum atomic E-state index is 0.405. The second kappa shape index (κ2) is 5.92. The van der Waals surface area contributed by atoms with E-state index in [1.54, 1.807) is 6.07 Å². The fraction of sp³-hybridized carbons (Fsp3) is 0.312. The molecule has 1 aliphatic rings. The number of benzene rings is 1. The van der Waals surface area contributed by atoms with Crippen molar-refractivity contribution in [3.8, 4) is 0 Å². The molecule has 20 heavy (non-hydrogen) atoms. The van der Waals surface area contributed by atoms with Crippen molar-refractivity contribution in [1.82, 2.24) is 4.90 Å². The molecule has 1 aromatic carbocycles. The first-order valence-corrected chi connectivity index (χ1v) is 6.91. The maximum atomic E-state index is 10.6. The highest BCUT2D eigenvalue weighted by Gasteiger charge is 2.18. The van der Waals surface area contributed by atoms with E-state index in [9.17, 15) is 4.79 Å². The first kappa shape index (κ1) is 12.9. The van der Waals surface area contributed by atoms with Crippen molar-refractivity contribution < 1.29 is 9.21 Å². The van der Waals surface area contributed by atoms with Crippen LogP contribution in [0.1, 0.15) is 16.3 Å². The summed E-state index contributed by atoms with van der Waals surface area (Å²) in [6, 6.07) is 14.1. The molecule has 2 heterocycles. The van der Waals surface area contributed by atoms with Crippen molar-refractivity contribution >= 4 is 12.0 Å². The lowest BCUT2D eigenvalue weighted by molar-refractivity contribution is 0.109. The van der Waals surface area contributed by atoms with E-state index in [0.717, 1.165) is 44.8 Å². The van der Waals surface area contributed by atoms with E-state index < -0.39 is 0 Å². The zero-order valence-electron chi connectivity index (χ0n) is 11.4. The second-order valence-corrected chi connectivity index (χ2v) is 5.02. The number of anilines is 1. The monoisotopic (exact) mass is 270 g/mol. The van der Waals surface area contributed by atoms with Gasteiger partial charge < -0.3 is 9.32 Å². The Hall–Kier alpha value is -2.07. The molecule has 4 heteroatoms. The number of carbonyl (C=O) groups is 1. The summed E-state index contributed by atoms with van der Waals surface area (Å²) in [6.07, 6.45) is 0.747. The lowest BCUT2D eigenvalue weighted by Crippen LogP contribution is -2.45. The maximum absolute atomic E-state index is 10.6. The molecule has 0 saturated carbocycles. The normalized spacial score (nSPS) is 16.3. The van der Waals surface area contributed by atoms with Crippen molar-refractivity contribution in [3.05, 3.63) is 54.0 Å². The summed E-state index contributed by atoms with van der Waals surface area (Å²) in [5.74, 6) is 1.27. The minimum absolute atomic E-state index is 0.405. The SMILES string of the molecule is O=Cc1ccc(CN2CCN(c3ccccc3)CC2)o1. The fourth-order valence-electron chi connectivity index (χ4n) is 2.57. The third-order valence-electron chi connectivity index (χ3n) is 3.67. The number of aldehydes is 1. The van der Waals surface area contributed by atoms with Crippen molar-refractivity contribution in [3.63, 3.8) is 0 Å². The molecule has 1 saturated heterocycles. The zero-order valence-corrected chi connectivity index (χ0v) is 11.4. The van der Waals surface area contributed by atoms with Crippen LogP contribution >= 0.6 is 0 Å². The van der Waals surface area contributed by atoms with Crippen LogP contribution in [0.5, 0.6) is 0 Å². The molecule has 1 aromatic heterocycles. The van der Waals surface area contributed by atoms with E-state index in [1.807, 2.05) is 12.1 Å². The number of nitrogens with zero attached hydrogens (tertiary/aromatic N) is 2. The van der Waals surface area contributed by atoms with Crippen molar-refractivity contribution in [1.29, 1.82) is 0 Å². The number of para-hydroxylation sites is 1. The standard InChI is InChI=1S/C16H18N2O2/c19-13-16-7-6-15(20-16)12-17-8-10-18(11-9-17)14-4-2-1-3-5-14/h1-7,13H,8-12H2. The van der Waals surface area contributed by atoms with Crippen LogP contribution in [0, 0.1) is 0 Å². The van der Waals surface area contributed by atoms with Gasteiger partial charge in [-0.25, -0.2) is 0 Å². The summed E-state index contributed by atoms with van der Waals surface area (Å²) < 4.78 is 5.42. The van der Waals surface area contributed by atoms with Gasteiger partial charge in [0, 0.05) is 31.9 Å². The van der Waals surface area contributed by atoms with E-state index >= 15 is 0 Å². The highest BCUT2D eigenvalue weighted by atomic mass is 16.3. The molecule has 4 nitrogen and oxygen atoms in total. The first-order valence-electron chi connectivity index (χ1n) is 6.91. The van der Waals surface area contributed by atoms with Gasteiger partial charge in [0.1, 0.15) is 5.76 Å². The molecule has 3 rings (SSSR count). The van der Waals surface area contributed by atoms with Gasteiger partial charge in [-0.15, -0.1) is 0 Å². The third kappa shape index (κ3) is 2.91. The molecule has 0 bridgehead atoms. The van der Waals surface area contributed by atoms with Gasteiger partial charge in [0.25, 0.3) is 0 Å². The number of rotatable bonds is 4. The van der Waals surface area contributed by atoms with Crippen LogP contribution in [-0.4, -0.2) is 37.4 Å². The van der Waals surface area contributed by atoms with Crippen LogP contribution in [0.4, 0.5) is 5.69 Å². The average molecular weight is 270 g/mol. The second-order valence-electron chi connectivity index (χ2n) is 5.02. The summed E-state index contributed by atoms with van der Waals surface area (Å²) >= 11 is 0. The van der Waals surface area contributed by atoms with Gasteiger partial charge in [-0.2, -0.15) is 0 Å². The number of carbonyl (C=O) groups excluding carboxylic acids is 1. The molecule has 0 radical (unpaired) electrons. The Balaban J connectivity index is 1.55. The molecule has 1 fully saturated rings. The molecule has 0 unspecified atom stereocenters. The molecule has 1 aliphatic heterocycles. The van der Waals surface area contributed by atoms with Crippen molar-refractivity contribution in [2.75, 3.05) is 31.1 Å². The summed E-state index contributed by atoms with van der Waals surface area (Å²) in [4.78, 5) is 15.4. The Labute approximate surface area is 118 Å². The number of hydrogen-bond acceptors (Lipinski definition) is 4. The number of hydrogen-bond donors (Lipinski definition) is 0. The highest BCUT2D eigenvalue weighted by molar-refractivity contribution is 5.70.